The van der Waals surface area contributed by atoms with Gasteiger partial charge in [-0.25, -0.2) is 0 Å². The second-order valence-electron chi connectivity index (χ2n) is 5.47. The first-order chi connectivity index (χ1) is 10.9. The number of hydrogen-bond donors (Lipinski definition) is 2. The van der Waals surface area contributed by atoms with E-state index in [1.165, 1.54) is 25.3 Å². The van der Waals surface area contributed by atoms with Gasteiger partial charge in [0.2, 0.25) is 5.91 Å². The normalized spacial score (nSPS) is 20.6. The number of nitrogens with one attached hydrogen (secondary N) is 1. The largest absolute Gasteiger partial charge is 0.495 e. The van der Waals surface area contributed by atoms with Crippen molar-refractivity contribution in [2.24, 2.45) is 11.8 Å². The standard InChI is InChI=1S/C15H18N2O6/c1-23-13-7-6-9(17(21)22)8-12(13)16-14(18)10-4-2-3-5-11(10)15(19)20/h6-8,10-11H,2-5H2,1H3,(H,16,18)(H,19,20)/t10-,11-/m0/s1. The van der Waals surface area contributed by atoms with Crippen molar-refractivity contribution in [1.29, 1.82) is 0 Å². The van der Waals surface area contributed by atoms with Crippen molar-refractivity contribution in [3.05, 3.63) is 28.3 Å². The van der Waals surface area contributed by atoms with Crippen molar-refractivity contribution in [2.75, 3.05) is 12.4 Å². The molecule has 2 rings (SSSR count). The maximum absolute atomic E-state index is 12.4. The number of nitro benzene ring substituents is 1. The topological polar surface area (TPSA) is 119 Å². The second kappa shape index (κ2) is 7.08. The Hall–Kier alpha value is -2.64. The van der Waals surface area contributed by atoms with Gasteiger partial charge in [0, 0.05) is 12.1 Å². The highest BCUT2D eigenvalue weighted by atomic mass is 16.6. The number of nitrogens with zero attached hydrogens (tertiary/aromatic N) is 1. The average Bonchev–Trinajstić information content (AvgIpc) is 2.54. The van der Waals surface area contributed by atoms with Gasteiger partial charge in [-0.3, -0.25) is 19.7 Å². The zero-order valence-corrected chi connectivity index (χ0v) is 12.7. The summed E-state index contributed by atoms with van der Waals surface area (Å²) in [6.07, 6.45) is 2.51. The number of anilines is 1. The lowest BCUT2D eigenvalue weighted by Gasteiger charge is -2.27. The van der Waals surface area contributed by atoms with E-state index < -0.39 is 28.6 Å². The van der Waals surface area contributed by atoms with Gasteiger partial charge in [-0.1, -0.05) is 12.8 Å². The summed E-state index contributed by atoms with van der Waals surface area (Å²) in [6.45, 7) is 0. The van der Waals surface area contributed by atoms with Crippen LogP contribution >= 0.6 is 0 Å². The van der Waals surface area contributed by atoms with Gasteiger partial charge >= 0.3 is 5.97 Å². The fourth-order valence-corrected chi connectivity index (χ4v) is 2.87. The number of rotatable bonds is 5. The predicted molar refractivity (Wildman–Crippen MR) is 81.4 cm³/mol. The van der Waals surface area contributed by atoms with Crippen LogP contribution in [0.5, 0.6) is 5.75 Å². The highest BCUT2D eigenvalue weighted by Gasteiger charge is 2.36. The highest BCUT2D eigenvalue weighted by molar-refractivity contribution is 5.96. The molecule has 8 heteroatoms. The molecule has 0 heterocycles. The number of aliphatic carboxylic acids is 1. The molecule has 0 aliphatic heterocycles. The molecular formula is C15H18N2O6. The molecule has 0 unspecified atom stereocenters. The van der Waals surface area contributed by atoms with Gasteiger partial charge in [0.1, 0.15) is 5.75 Å². The summed E-state index contributed by atoms with van der Waals surface area (Å²) in [5.41, 5.74) is -0.0130. The molecule has 0 spiro atoms. The SMILES string of the molecule is COc1ccc([N+](=O)[O-])cc1NC(=O)[C@H]1CCCC[C@@H]1C(=O)O. The summed E-state index contributed by atoms with van der Waals surface area (Å²) in [6, 6.07) is 3.87. The van der Waals surface area contributed by atoms with Crippen LogP contribution in [0.4, 0.5) is 11.4 Å². The molecular weight excluding hydrogens is 304 g/mol. The molecule has 2 N–H and O–H groups in total. The molecule has 0 radical (unpaired) electrons. The molecule has 23 heavy (non-hydrogen) atoms. The van der Waals surface area contributed by atoms with Crippen LogP contribution in [0.25, 0.3) is 0 Å². The van der Waals surface area contributed by atoms with Crippen LogP contribution in [0.3, 0.4) is 0 Å². The number of non-ortho nitro benzene ring substituents is 1. The molecule has 0 bridgehead atoms. The molecule has 1 fully saturated rings. The number of benzene rings is 1. The second-order valence-corrected chi connectivity index (χ2v) is 5.47. The number of carboxylic acids is 1. The third-order valence-corrected chi connectivity index (χ3v) is 4.07. The van der Waals surface area contributed by atoms with Gasteiger partial charge in [0.15, 0.2) is 0 Å². The van der Waals surface area contributed by atoms with E-state index in [-0.39, 0.29) is 17.1 Å². The lowest BCUT2D eigenvalue weighted by Crippen LogP contribution is -2.36. The number of hydrogen-bond acceptors (Lipinski definition) is 5. The smallest absolute Gasteiger partial charge is 0.307 e. The Morgan fingerprint density at radius 2 is 1.96 bits per heavy atom. The first kappa shape index (κ1) is 16.7. The Morgan fingerprint density at radius 3 is 2.52 bits per heavy atom. The lowest BCUT2D eigenvalue weighted by molar-refractivity contribution is -0.384. The number of nitro groups is 1. The van der Waals surface area contributed by atoms with Crippen molar-refractivity contribution in [3.63, 3.8) is 0 Å². The summed E-state index contributed by atoms with van der Waals surface area (Å²) in [5.74, 6) is -2.53. The van der Waals surface area contributed by atoms with Crippen LogP contribution in [0.1, 0.15) is 25.7 Å². The van der Waals surface area contributed by atoms with Crippen LogP contribution in [-0.2, 0) is 9.59 Å². The molecule has 1 aliphatic rings. The molecule has 1 amide bonds. The molecule has 1 aromatic rings. The minimum absolute atomic E-state index is 0.168. The molecule has 0 saturated heterocycles. The maximum Gasteiger partial charge on any atom is 0.307 e. The molecule has 2 atom stereocenters. The van der Waals surface area contributed by atoms with Crippen LogP contribution in [0.2, 0.25) is 0 Å². The Labute approximate surface area is 132 Å². The Balaban J connectivity index is 2.23. The van der Waals surface area contributed by atoms with E-state index in [2.05, 4.69) is 5.32 Å². The predicted octanol–water partition coefficient (Wildman–Crippen LogP) is 2.43. The van der Waals surface area contributed by atoms with E-state index in [0.29, 0.717) is 12.8 Å². The molecule has 1 aromatic carbocycles. The van der Waals surface area contributed by atoms with E-state index in [4.69, 9.17) is 4.74 Å². The van der Waals surface area contributed by atoms with Crippen molar-refractivity contribution >= 4 is 23.3 Å². The Morgan fingerprint density at radius 1 is 1.30 bits per heavy atom. The maximum atomic E-state index is 12.4. The van der Waals surface area contributed by atoms with E-state index in [0.717, 1.165) is 12.8 Å². The van der Waals surface area contributed by atoms with Gasteiger partial charge in [-0.2, -0.15) is 0 Å². The summed E-state index contributed by atoms with van der Waals surface area (Å²) >= 11 is 0. The number of ether oxygens (including phenoxy) is 1. The Kier molecular flexibility index (Phi) is 5.15. The molecule has 1 aliphatic carbocycles. The van der Waals surface area contributed by atoms with Crippen molar-refractivity contribution in [1.82, 2.24) is 0 Å². The van der Waals surface area contributed by atoms with Gasteiger partial charge in [-0.15, -0.1) is 0 Å². The third kappa shape index (κ3) is 3.77. The minimum atomic E-state index is -0.990. The minimum Gasteiger partial charge on any atom is -0.495 e. The van der Waals surface area contributed by atoms with Gasteiger partial charge in [0.05, 0.1) is 29.6 Å². The van der Waals surface area contributed by atoms with Gasteiger partial charge < -0.3 is 15.2 Å². The summed E-state index contributed by atoms with van der Waals surface area (Å²) < 4.78 is 5.09. The van der Waals surface area contributed by atoms with Gasteiger partial charge in [0.25, 0.3) is 5.69 Å². The van der Waals surface area contributed by atoms with E-state index >= 15 is 0 Å². The average molecular weight is 322 g/mol. The molecule has 8 nitrogen and oxygen atoms in total. The number of amides is 1. The van der Waals surface area contributed by atoms with E-state index in [1.54, 1.807) is 0 Å². The first-order valence-corrected chi connectivity index (χ1v) is 7.30. The molecule has 0 aromatic heterocycles. The number of methoxy groups -OCH3 is 1. The van der Waals surface area contributed by atoms with Crippen LogP contribution in [0.15, 0.2) is 18.2 Å². The quantitative estimate of drug-likeness (QED) is 0.635. The molecule has 1 saturated carbocycles. The highest BCUT2D eigenvalue weighted by Crippen LogP contribution is 2.34. The van der Waals surface area contributed by atoms with E-state index in [1.807, 2.05) is 0 Å². The third-order valence-electron chi connectivity index (χ3n) is 4.07. The fraction of sp³-hybridized carbons (Fsp3) is 0.467. The van der Waals surface area contributed by atoms with Crippen LogP contribution < -0.4 is 10.1 Å². The first-order valence-electron chi connectivity index (χ1n) is 7.30. The van der Waals surface area contributed by atoms with Gasteiger partial charge in [-0.05, 0) is 18.9 Å². The zero-order chi connectivity index (χ0) is 17.0. The number of carbonyl (C=O) groups excluding carboxylic acids is 1. The van der Waals surface area contributed by atoms with Crippen LogP contribution in [0, 0.1) is 22.0 Å². The van der Waals surface area contributed by atoms with Crippen molar-refractivity contribution < 1.29 is 24.4 Å². The summed E-state index contributed by atoms with van der Waals surface area (Å²) in [4.78, 5) is 34.0. The summed E-state index contributed by atoms with van der Waals surface area (Å²) in [7, 11) is 1.39. The zero-order valence-electron chi connectivity index (χ0n) is 12.7. The van der Waals surface area contributed by atoms with E-state index in [9.17, 15) is 24.8 Å². The monoisotopic (exact) mass is 322 g/mol. The van der Waals surface area contributed by atoms with Crippen LogP contribution in [-0.4, -0.2) is 29.0 Å². The lowest BCUT2D eigenvalue weighted by atomic mass is 9.78. The van der Waals surface area contributed by atoms with Crippen molar-refractivity contribution in [2.45, 2.75) is 25.7 Å². The summed E-state index contributed by atoms with van der Waals surface area (Å²) in [5, 5.41) is 22.7. The fourth-order valence-electron chi connectivity index (χ4n) is 2.87. The number of carboxylic acid groups (broad SMARTS) is 1. The van der Waals surface area contributed by atoms with Crippen molar-refractivity contribution in [3.8, 4) is 5.75 Å². The molecule has 124 valence electrons. The Bertz CT molecular complexity index is 630. The number of carbonyl (C=O) groups is 2.